The van der Waals surface area contributed by atoms with Gasteiger partial charge in [-0.05, 0) is 18.4 Å². The number of benzene rings is 1. The largest absolute Gasteiger partial charge is 0.242 e. The zero-order valence-electron chi connectivity index (χ0n) is 7.04. The highest BCUT2D eigenvalue weighted by molar-refractivity contribution is 5.17. The first-order chi connectivity index (χ1) is 5.84. The van der Waals surface area contributed by atoms with Crippen molar-refractivity contribution in [1.29, 1.82) is 0 Å². The van der Waals surface area contributed by atoms with E-state index >= 15 is 0 Å². The molecule has 1 rings (SSSR count). The SMILES string of the molecule is C=CCC[C@H](F)c1ccccc1. The van der Waals surface area contributed by atoms with Crippen molar-refractivity contribution in [2.75, 3.05) is 0 Å². The average molecular weight is 164 g/mol. The molecule has 0 bridgehead atoms. The standard InChI is InChI=1S/C11H13F/c1-2-3-9-11(12)10-7-5-4-6-8-10/h2,4-8,11H,1,3,9H2/t11-/m0/s1. The van der Waals surface area contributed by atoms with E-state index in [1.165, 1.54) is 0 Å². The molecule has 0 radical (unpaired) electrons. The third kappa shape index (κ3) is 2.50. The van der Waals surface area contributed by atoms with Crippen molar-refractivity contribution in [1.82, 2.24) is 0 Å². The lowest BCUT2D eigenvalue weighted by Crippen LogP contribution is -1.89. The summed E-state index contributed by atoms with van der Waals surface area (Å²) >= 11 is 0. The fourth-order valence-corrected chi connectivity index (χ4v) is 1.09. The van der Waals surface area contributed by atoms with Gasteiger partial charge in [-0.25, -0.2) is 4.39 Å². The molecule has 1 atom stereocenters. The van der Waals surface area contributed by atoms with Crippen LogP contribution in [0.2, 0.25) is 0 Å². The molecule has 1 heteroatoms. The smallest absolute Gasteiger partial charge is 0.125 e. The van der Waals surface area contributed by atoms with Gasteiger partial charge in [0.1, 0.15) is 6.17 Å². The second-order valence-electron chi connectivity index (χ2n) is 2.74. The van der Waals surface area contributed by atoms with Crippen LogP contribution in [0.25, 0.3) is 0 Å². The van der Waals surface area contributed by atoms with Gasteiger partial charge in [0.15, 0.2) is 0 Å². The van der Waals surface area contributed by atoms with Gasteiger partial charge in [0.25, 0.3) is 0 Å². The van der Waals surface area contributed by atoms with Gasteiger partial charge in [-0.3, -0.25) is 0 Å². The normalized spacial score (nSPS) is 12.4. The molecule has 0 aromatic heterocycles. The van der Waals surface area contributed by atoms with Gasteiger partial charge in [-0.1, -0.05) is 36.4 Å². The molecule has 0 aliphatic heterocycles. The maximum Gasteiger partial charge on any atom is 0.125 e. The van der Waals surface area contributed by atoms with Crippen LogP contribution in [-0.4, -0.2) is 0 Å². The van der Waals surface area contributed by atoms with E-state index < -0.39 is 6.17 Å². The average Bonchev–Trinajstić information content (AvgIpc) is 2.15. The van der Waals surface area contributed by atoms with E-state index in [4.69, 9.17) is 0 Å². The first kappa shape index (κ1) is 8.98. The van der Waals surface area contributed by atoms with Crippen LogP contribution in [0, 0.1) is 0 Å². The summed E-state index contributed by atoms with van der Waals surface area (Å²) in [6, 6.07) is 9.23. The van der Waals surface area contributed by atoms with Crippen molar-refractivity contribution in [3.05, 3.63) is 48.6 Å². The molecule has 0 aliphatic carbocycles. The molecular weight excluding hydrogens is 151 g/mol. The quantitative estimate of drug-likeness (QED) is 0.596. The number of alkyl halides is 1. The molecule has 0 aliphatic rings. The van der Waals surface area contributed by atoms with Crippen LogP contribution in [0.4, 0.5) is 4.39 Å². The summed E-state index contributed by atoms with van der Waals surface area (Å²) in [5.74, 6) is 0. The lowest BCUT2D eigenvalue weighted by molar-refractivity contribution is 0.325. The highest BCUT2D eigenvalue weighted by Crippen LogP contribution is 2.21. The Morgan fingerprint density at radius 2 is 2.00 bits per heavy atom. The second kappa shape index (κ2) is 4.70. The monoisotopic (exact) mass is 164 g/mol. The van der Waals surface area contributed by atoms with Crippen molar-refractivity contribution in [3.63, 3.8) is 0 Å². The van der Waals surface area contributed by atoms with Gasteiger partial charge >= 0.3 is 0 Å². The van der Waals surface area contributed by atoms with Crippen molar-refractivity contribution in [2.24, 2.45) is 0 Å². The Kier molecular flexibility index (Phi) is 3.52. The van der Waals surface area contributed by atoms with E-state index in [9.17, 15) is 4.39 Å². The molecule has 0 N–H and O–H groups in total. The number of halogens is 1. The molecular formula is C11H13F. The zero-order valence-corrected chi connectivity index (χ0v) is 7.04. The van der Waals surface area contributed by atoms with Crippen LogP contribution < -0.4 is 0 Å². The lowest BCUT2D eigenvalue weighted by atomic mass is 10.1. The minimum Gasteiger partial charge on any atom is -0.242 e. The molecule has 1 aromatic carbocycles. The van der Waals surface area contributed by atoms with E-state index in [-0.39, 0.29) is 0 Å². The number of allylic oxidation sites excluding steroid dienone is 1. The molecule has 0 unspecified atom stereocenters. The Labute approximate surface area is 72.7 Å². The predicted molar refractivity (Wildman–Crippen MR) is 49.7 cm³/mol. The van der Waals surface area contributed by atoms with Gasteiger partial charge in [-0.2, -0.15) is 0 Å². The van der Waals surface area contributed by atoms with Crippen LogP contribution in [0.3, 0.4) is 0 Å². The Morgan fingerprint density at radius 3 is 2.58 bits per heavy atom. The molecule has 1 aromatic rings. The molecule has 0 spiro atoms. The molecule has 0 nitrogen and oxygen atoms in total. The van der Waals surface area contributed by atoms with Crippen LogP contribution in [0.5, 0.6) is 0 Å². The predicted octanol–water partition coefficient (Wildman–Crippen LogP) is 3.66. The molecule has 12 heavy (non-hydrogen) atoms. The Balaban J connectivity index is 2.53. The van der Waals surface area contributed by atoms with Gasteiger partial charge in [-0.15, -0.1) is 6.58 Å². The van der Waals surface area contributed by atoms with Crippen molar-refractivity contribution in [2.45, 2.75) is 19.0 Å². The summed E-state index contributed by atoms with van der Waals surface area (Å²) in [4.78, 5) is 0. The third-order valence-electron chi connectivity index (χ3n) is 1.79. The van der Waals surface area contributed by atoms with Gasteiger partial charge < -0.3 is 0 Å². The van der Waals surface area contributed by atoms with E-state index in [2.05, 4.69) is 6.58 Å². The van der Waals surface area contributed by atoms with E-state index in [0.29, 0.717) is 6.42 Å². The van der Waals surface area contributed by atoms with Crippen LogP contribution >= 0.6 is 0 Å². The van der Waals surface area contributed by atoms with E-state index in [0.717, 1.165) is 12.0 Å². The highest BCUT2D eigenvalue weighted by atomic mass is 19.1. The number of hydrogen-bond donors (Lipinski definition) is 0. The maximum atomic E-state index is 13.3. The molecule has 64 valence electrons. The summed E-state index contributed by atoms with van der Waals surface area (Å²) in [5, 5.41) is 0. The van der Waals surface area contributed by atoms with Gasteiger partial charge in [0, 0.05) is 0 Å². The Hall–Kier alpha value is -1.11. The van der Waals surface area contributed by atoms with Gasteiger partial charge in [0.2, 0.25) is 0 Å². The molecule has 0 fully saturated rings. The van der Waals surface area contributed by atoms with E-state index in [1.54, 1.807) is 6.08 Å². The van der Waals surface area contributed by atoms with Crippen LogP contribution in [-0.2, 0) is 0 Å². The fraction of sp³-hybridized carbons (Fsp3) is 0.273. The zero-order chi connectivity index (χ0) is 8.81. The topological polar surface area (TPSA) is 0 Å². The summed E-state index contributed by atoms with van der Waals surface area (Å²) in [6.07, 6.45) is 2.17. The Bertz CT molecular complexity index is 228. The first-order valence-electron chi connectivity index (χ1n) is 4.14. The van der Waals surface area contributed by atoms with Crippen molar-refractivity contribution >= 4 is 0 Å². The Morgan fingerprint density at radius 1 is 1.33 bits per heavy atom. The summed E-state index contributed by atoms with van der Waals surface area (Å²) < 4.78 is 13.3. The third-order valence-corrected chi connectivity index (χ3v) is 1.79. The van der Waals surface area contributed by atoms with Crippen molar-refractivity contribution in [3.8, 4) is 0 Å². The summed E-state index contributed by atoms with van der Waals surface area (Å²) in [5.41, 5.74) is 0.763. The molecule has 0 saturated carbocycles. The second-order valence-corrected chi connectivity index (χ2v) is 2.74. The van der Waals surface area contributed by atoms with Crippen LogP contribution in [0.1, 0.15) is 24.6 Å². The minimum atomic E-state index is -0.843. The lowest BCUT2D eigenvalue weighted by Gasteiger charge is -2.05. The molecule has 0 heterocycles. The number of hydrogen-bond acceptors (Lipinski definition) is 0. The minimum absolute atomic E-state index is 0.535. The number of rotatable bonds is 4. The first-order valence-corrected chi connectivity index (χ1v) is 4.14. The van der Waals surface area contributed by atoms with Crippen molar-refractivity contribution < 1.29 is 4.39 Å². The fourth-order valence-electron chi connectivity index (χ4n) is 1.09. The summed E-state index contributed by atoms with van der Waals surface area (Å²) in [6.45, 7) is 3.56. The van der Waals surface area contributed by atoms with Gasteiger partial charge in [0.05, 0.1) is 0 Å². The highest BCUT2D eigenvalue weighted by Gasteiger charge is 2.06. The summed E-state index contributed by atoms with van der Waals surface area (Å²) in [7, 11) is 0. The maximum absolute atomic E-state index is 13.3. The van der Waals surface area contributed by atoms with E-state index in [1.807, 2.05) is 30.3 Å². The molecule has 0 amide bonds. The molecule has 0 saturated heterocycles. The van der Waals surface area contributed by atoms with Crippen LogP contribution in [0.15, 0.2) is 43.0 Å².